The van der Waals surface area contributed by atoms with E-state index in [4.69, 9.17) is 11.6 Å². The lowest BCUT2D eigenvalue weighted by molar-refractivity contribution is 0.249. The monoisotopic (exact) mass is 358 g/mol. The van der Waals surface area contributed by atoms with Crippen molar-refractivity contribution in [1.82, 2.24) is 14.9 Å². The summed E-state index contributed by atoms with van der Waals surface area (Å²) in [6, 6.07) is 11.8. The highest BCUT2D eigenvalue weighted by atomic mass is 35.5. The van der Waals surface area contributed by atoms with Crippen LogP contribution in [-0.2, 0) is 7.05 Å². The fourth-order valence-corrected chi connectivity index (χ4v) is 2.56. The molecule has 2 aromatic carbocycles. The van der Waals surface area contributed by atoms with Crippen molar-refractivity contribution in [1.29, 1.82) is 0 Å². The van der Waals surface area contributed by atoms with Gasteiger partial charge < -0.3 is 15.2 Å². The first kappa shape index (κ1) is 17.0. The summed E-state index contributed by atoms with van der Waals surface area (Å²) in [6.45, 7) is 0. The maximum absolute atomic E-state index is 13.0. The summed E-state index contributed by atoms with van der Waals surface area (Å²) < 4.78 is 14.8. The third-order valence-corrected chi connectivity index (χ3v) is 3.95. The molecule has 0 radical (unpaired) electrons. The van der Waals surface area contributed by atoms with E-state index in [1.807, 2.05) is 23.7 Å². The van der Waals surface area contributed by atoms with Crippen LogP contribution in [0.15, 0.2) is 60.9 Å². The Morgan fingerprint density at radius 2 is 1.84 bits per heavy atom. The van der Waals surface area contributed by atoms with Crippen molar-refractivity contribution in [3.05, 3.63) is 83.2 Å². The lowest BCUT2D eigenvalue weighted by Gasteiger charge is -2.19. The van der Waals surface area contributed by atoms with Crippen LogP contribution in [0.5, 0.6) is 0 Å². The Kier molecular flexibility index (Phi) is 5.00. The molecular weight excluding hydrogens is 343 g/mol. The zero-order chi connectivity index (χ0) is 17.8. The normalized spacial score (nSPS) is 11.8. The first-order chi connectivity index (χ1) is 12.0. The predicted octanol–water partition coefficient (Wildman–Crippen LogP) is 4.12. The van der Waals surface area contributed by atoms with Crippen LogP contribution in [0.4, 0.5) is 14.9 Å². The molecule has 1 atom stereocenters. The molecule has 0 aliphatic carbocycles. The van der Waals surface area contributed by atoms with Gasteiger partial charge in [0.25, 0.3) is 0 Å². The molecule has 1 heterocycles. The van der Waals surface area contributed by atoms with Crippen LogP contribution in [-0.4, -0.2) is 15.6 Å². The van der Waals surface area contributed by atoms with Crippen LogP contribution in [0.3, 0.4) is 0 Å². The van der Waals surface area contributed by atoms with Gasteiger partial charge >= 0.3 is 6.03 Å². The molecule has 3 rings (SSSR count). The average Bonchev–Trinajstić information content (AvgIpc) is 3.01. The second-order valence-corrected chi connectivity index (χ2v) is 5.92. The summed E-state index contributed by atoms with van der Waals surface area (Å²) in [6.07, 6.45) is 3.47. The highest BCUT2D eigenvalue weighted by molar-refractivity contribution is 6.30. The van der Waals surface area contributed by atoms with Crippen LogP contribution in [0, 0.1) is 5.82 Å². The molecule has 0 aliphatic rings. The van der Waals surface area contributed by atoms with E-state index in [0.717, 1.165) is 5.56 Å². The lowest BCUT2D eigenvalue weighted by atomic mass is 10.1. The third kappa shape index (κ3) is 4.16. The number of amides is 2. The maximum Gasteiger partial charge on any atom is 0.320 e. The smallest absolute Gasteiger partial charge is 0.320 e. The van der Waals surface area contributed by atoms with Gasteiger partial charge in [-0.2, -0.15) is 0 Å². The van der Waals surface area contributed by atoms with Crippen molar-refractivity contribution >= 4 is 23.3 Å². The Morgan fingerprint density at radius 1 is 1.16 bits per heavy atom. The van der Waals surface area contributed by atoms with Crippen LogP contribution in [0.2, 0.25) is 5.02 Å². The van der Waals surface area contributed by atoms with Crippen molar-refractivity contribution in [3.63, 3.8) is 0 Å². The van der Waals surface area contributed by atoms with E-state index in [1.54, 1.807) is 24.5 Å². The van der Waals surface area contributed by atoms with Crippen molar-refractivity contribution in [2.45, 2.75) is 6.04 Å². The molecule has 0 fully saturated rings. The summed E-state index contributed by atoms with van der Waals surface area (Å²) in [4.78, 5) is 16.7. The molecule has 25 heavy (non-hydrogen) atoms. The number of rotatable bonds is 4. The van der Waals surface area contributed by atoms with Crippen LogP contribution in [0.25, 0.3) is 0 Å². The van der Waals surface area contributed by atoms with Gasteiger partial charge in [0.15, 0.2) is 0 Å². The predicted molar refractivity (Wildman–Crippen MR) is 95.1 cm³/mol. The Hall–Kier alpha value is -2.86. The number of urea groups is 1. The second kappa shape index (κ2) is 7.36. The molecule has 0 aliphatic heterocycles. The highest BCUT2D eigenvalue weighted by Gasteiger charge is 2.20. The van der Waals surface area contributed by atoms with E-state index < -0.39 is 12.1 Å². The Bertz CT molecular complexity index is 862. The average molecular weight is 359 g/mol. The van der Waals surface area contributed by atoms with Gasteiger partial charge in [-0.25, -0.2) is 14.2 Å². The fraction of sp³-hybridized carbons (Fsp3) is 0.111. The number of benzene rings is 2. The zero-order valence-corrected chi connectivity index (χ0v) is 14.2. The lowest BCUT2D eigenvalue weighted by Crippen LogP contribution is -2.34. The largest absolute Gasteiger partial charge is 0.336 e. The first-order valence-corrected chi connectivity index (χ1v) is 7.96. The number of carbonyl (C=O) groups excluding carboxylic acids is 1. The topological polar surface area (TPSA) is 59.0 Å². The van der Waals surface area contributed by atoms with E-state index in [2.05, 4.69) is 15.6 Å². The van der Waals surface area contributed by atoms with Gasteiger partial charge in [0.1, 0.15) is 17.7 Å². The molecule has 128 valence electrons. The number of nitrogens with zero attached hydrogens (tertiary/aromatic N) is 2. The van der Waals surface area contributed by atoms with E-state index >= 15 is 0 Å². The quantitative estimate of drug-likeness (QED) is 0.737. The number of hydrogen-bond donors (Lipinski definition) is 2. The van der Waals surface area contributed by atoms with Crippen LogP contribution < -0.4 is 10.6 Å². The summed E-state index contributed by atoms with van der Waals surface area (Å²) >= 11 is 5.95. The zero-order valence-electron chi connectivity index (χ0n) is 13.4. The molecule has 5 nitrogen and oxygen atoms in total. The molecule has 0 saturated heterocycles. The van der Waals surface area contributed by atoms with Crippen molar-refractivity contribution in [3.8, 4) is 0 Å². The van der Waals surface area contributed by atoms with Crippen LogP contribution in [0.1, 0.15) is 17.4 Å². The molecule has 2 amide bonds. The number of imidazole rings is 1. The third-order valence-electron chi connectivity index (χ3n) is 3.70. The fourth-order valence-electron chi connectivity index (χ4n) is 2.44. The van der Waals surface area contributed by atoms with E-state index in [-0.39, 0.29) is 5.82 Å². The molecule has 7 heteroatoms. The Balaban J connectivity index is 1.82. The number of carbonyl (C=O) groups is 1. The summed E-state index contributed by atoms with van der Waals surface area (Å²) in [7, 11) is 1.85. The Morgan fingerprint density at radius 3 is 2.44 bits per heavy atom. The number of hydrogen-bond acceptors (Lipinski definition) is 2. The number of aryl methyl sites for hydroxylation is 1. The van der Waals surface area contributed by atoms with Gasteiger partial charge in [-0.3, -0.25) is 0 Å². The number of halogens is 2. The summed E-state index contributed by atoms with van der Waals surface area (Å²) in [5.41, 5.74) is 1.33. The molecule has 0 spiro atoms. The van der Waals surface area contributed by atoms with E-state index in [0.29, 0.717) is 16.5 Å². The maximum atomic E-state index is 13.0. The van der Waals surface area contributed by atoms with Crippen molar-refractivity contribution in [2.24, 2.45) is 7.05 Å². The summed E-state index contributed by atoms with van der Waals surface area (Å²) in [5, 5.41) is 6.18. The minimum absolute atomic E-state index is 0.363. The van der Waals surface area contributed by atoms with E-state index in [9.17, 15) is 9.18 Å². The molecule has 2 N–H and O–H groups in total. The van der Waals surface area contributed by atoms with E-state index in [1.165, 1.54) is 24.3 Å². The second-order valence-electron chi connectivity index (χ2n) is 5.49. The number of aromatic nitrogens is 2. The molecule has 1 aromatic heterocycles. The van der Waals surface area contributed by atoms with Gasteiger partial charge in [-0.1, -0.05) is 23.7 Å². The molecule has 0 unspecified atom stereocenters. The van der Waals surface area contributed by atoms with Crippen LogP contribution >= 0.6 is 11.6 Å². The minimum Gasteiger partial charge on any atom is -0.336 e. The summed E-state index contributed by atoms with van der Waals surface area (Å²) in [5.74, 6) is 0.314. The highest BCUT2D eigenvalue weighted by Crippen LogP contribution is 2.22. The number of anilines is 1. The van der Waals surface area contributed by atoms with Gasteiger partial charge in [-0.05, 0) is 42.0 Å². The van der Waals surface area contributed by atoms with Gasteiger partial charge in [0.2, 0.25) is 0 Å². The molecular formula is C18H16ClFN4O. The first-order valence-electron chi connectivity index (χ1n) is 7.59. The SMILES string of the molecule is Cn1ccnc1[C@@H](NC(=O)Nc1ccc(F)cc1)c1ccc(Cl)cc1. The molecule has 3 aromatic rings. The Labute approximate surface area is 149 Å². The number of nitrogens with one attached hydrogen (secondary N) is 2. The van der Waals surface area contributed by atoms with Gasteiger partial charge in [0.05, 0.1) is 0 Å². The molecule has 0 bridgehead atoms. The minimum atomic E-state index is -0.460. The standard InChI is InChI=1S/C18H16ClFN4O/c1-24-11-10-21-17(24)16(12-2-4-13(19)5-3-12)23-18(25)22-15-8-6-14(20)7-9-15/h2-11,16H,1H3,(H2,22,23,25)/t16-/m0/s1. The van der Waals surface area contributed by atoms with Gasteiger partial charge in [0, 0.05) is 30.2 Å². The molecule has 0 saturated carbocycles. The van der Waals surface area contributed by atoms with Gasteiger partial charge in [-0.15, -0.1) is 0 Å². The van der Waals surface area contributed by atoms with Crippen molar-refractivity contribution < 1.29 is 9.18 Å². The van der Waals surface area contributed by atoms with Crippen molar-refractivity contribution in [2.75, 3.05) is 5.32 Å².